The lowest BCUT2D eigenvalue weighted by atomic mass is 10.2. The molecule has 0 radical (unpaired) electrons. The molecule has 0 unspecified atom stereocenters. The van der Waals surface area contributed by atoms with Crippen molar-refractivity contribution in [3.05, 3.63) is 28.0 Å². The van der Waals surface area contributed by atoms with E-state index in [0.717, 1.165) is 46.0 Å². The van der Waals surface area contributed by atoms with E-state index >= 15 is 0 Å². The van der Waals surface area contributed by atoms with Crippen LogP contribution in [0.15, 0.2) is 16.6 Å². The molecule has 0 aliphatic rings. The van der Waals surface area contributed by atoms with Crippen LogP contribution in [0.2, 0.25) is 0 Å². The Morgan fingerprint density at radius 3 is 2.71 bits per heavy atom. The van der Waals surface area contributed by atoms with Gasteiger partial charge in [0, 0.05) is 17.4 Å². The van der Waals surface area contributed by atoms with Crippen molar-refractivity contribution in [3.8, 4) is 0 Å². The van der Waals surface area contributed by atoms with Gasteiger partial charge in [-0.05, 0) is 31.0 Å². The fourth-order valence-corrected chi connectivity index (χ4v) is 3.28. The van der Waals surface area contributed by atoms with Crippen LogP contribution in [0.5, 0.6) is 0 Å². The minimum absolute atomic E-state index is 0.118. The number of hydrogen-bond donors (Lipinski definition) is 0. The molecule has 0 spiro atoms. The first kappa shape index (κ1) is 16.5. The Balaban J connectivity index is 2.40. The molecular weight excluding hydrogens is 356 g/mol. The Kier molecular flexibility index (Phi) is 5.06. The van der Waals surface area contributed by atoms with Crippen molar-refractivity contribution < 1.29 is 12.6 Å². The van der Waals surface area contributed by atoms with E-state index in [1.54, 1.807) is 0 Å². The second-order valence-corrected chi connectivity index (χ2v) is 7.61. The quantitative estimate of drug-likeness (QED) is 0.729. The fraction of sp³-hybridized carbons (Fsp3) is 0.500. The highest BCUT2D eigenvalue weighted by Crippen LogP contribution is 2.25. The molecule has 0 N–H and O–H groups in total. The zero-order valence-electron chi connectivity index (χ0n) is 12.4. The summed E-state index contributed by atoms with van der Waals surface area (Å²) in [6.45, 7) is 4.70. The van der Waals surface area contributed by atoms with E-state index in [1.165, 1.54) is 0 Å². The third-order valence-electron chi connectivity index (χ3n) is 3.17. The second-order valence-electron chi connectivity index (χ2n) is 5.05. The van der Waals surface area contributed by atoms with Crippen molar-refractivity contribution in [3.63, 3.8) is 0 Å². The summed E-state index contributed by atoms with van der Waals surface area (Å²) in [5, 5.41) is 0. The lowest BCUT2D eigenvalue weighted by Crippen LogP contribution is -2.12. The van der Waals surface area contributed by atoms with Crippen molar-refractivity contribution >= 4 is 37.1 Å². The van der Waals surface area contributed by atoms with Crippen molar-refractivity contribution in [2.24, 2.45) is 0 Å². The SMILES string of the molecule is CCCc1nc2c(C)cc(Br)cc2n1CCOS(C)(=O)=O. The maximum Gasteiger partial charge on any atom is 0.264 e. The van der Waals surface area contributed by atoms with Gasteiger partial charge in [0.05, 0.1) is 23.9 Å². The van der Waals surface area contributed by atoms with Crippen molar-refractivity contribution in [2.75, 3.05) is 12.9 Å². The summed E-state index contributed by atoms with van der Waals surface area (Å²) in [5.74, 6) is 0.964. The maximum atomic E-state index is 11.1. The minimum Gasteiger partial charge on any atom is -0.326 e. The topological polar surface area (TPSA) is 61.2 Å². The highest BCUT2D eigenvalue weighted by molar-refractivity contribution is 9.10. The van der Waals surface area contributed by atoms with Gasteiger partial charge in [-0.3, -0.25) is 4.18 Å². The van der Waals surface area contributed by atoms with Gasteiger partial charge < -0.3 is 4.57 Å². The number of imidazole rings is 1. The van der Waals surface area contributed by atoms with Crippen LogP contribution in [0.25, 0.3) is 11.0 Å². The normalized spacial score (nSPS) is 12.2. The first-order valence-electron chi connectivity index (χ1n) is 6.81. The first-order valence-corrected chi connectivity index (χ1v) is 9.42. The van der Waals surface area contributed by atoms with Gasteiger partial charge in [0.2, 0.25) is 0 Å². The first-order chi connectivity index (χ1) is 9.81. The predicted octanol–water partition coefficient (Wildman–Crippen LogP) is 3.04. The van der Waals surface area contributed by atoms with E-state index < -0.39 is 10.1 Å². The van der Waals surface area contributed by atoms with Gasteiger partial charge in [-0.2, -0.15) is 8.42 Å². The van der Waals surface area contributed by atoms with E-state index in [0.29, 0.717) is 6.54 Å². The Hall–Kier alpha value is -0.920. The molecule has 1 aromatic carbocycles. The summed E-state index contributed by atoms with van der Waals surface area (Å²) in [6, 6.07) is 4.04. The zero-order chi connectivity index (χ0) is 15.6. The third-order valence-corrected chi connectivity index (χ3v) is 4.23. The Morgan fingerprint density at radius 1 is 1.38 bits per heavy atom. The molecule has 0 saturated heterocycles. The van der Waals surface area contributed by atoms with Gasteiger partial charge in [0.15, 0.2) is 0 Å². The molecule has 0 aliphatic heterocycles. The number of fused-ring (bicyclic) bond motifs is 1. The number of nitrogens with zero attached hydrogens (tertiary/aromatic N) is 2. The van der Waals surface area contributed by atoms with E-state index in [1.807, 2.05) is 23.6 Å². The average molecular weight is 375 g/mol. The second kappa shape index (κ2) is 6.46. The molecule has 0 atom stereocenters. The van der Waals surface area contributed by atoms with Crippen LogP contribution < -0.4 is 0 Å². The van der Waals surface area contributed by atoms with Crippen molar-refractivity contribution in [1.82, 2.24) is 9.55 Å². The average Bonchev–Trinajstić information content (AvgIpc) is 2.67. The summed E-state index contributed by atoms with van der Waals surface area (Å²) < 4.78 is 30.1. The van der Waals surface area contributed by atoms with Crippen LogP contribution in [0.3, 0.4) is 0 Å². The van der Waals surface area contributed by atoms with E-state index in [-0.39, 0.29) is 6.61 Å². The summed E-state index contributed by atoms with van der Waals surface area (Å²) in [4.78, 5) is 4.70. The van der Waals surface area contributed by atoms with Gasteiger partial charge in [-0.25, -0.2) is 4.98 Å². The maximum absolute atomic E-state index is 11.1. The van der Waals surface area contributed by atoms with Crippen molar-refractivity contribution in [1.29, 1.82) is 0 Å². The van der Waals surface area contributed by atoms with Gasteiger partial charge >= 0.3 is 0 Å². The van der Waals surface area contributed by atoms with Crippen LogP contribution in [-0.2, 0) is 27.3 Å². The molecular formula is C14H19BrN2O3S. The number of benzene rings is 1. The molecule has 1 aromatic heterocycles. The van der Waals surface area contributed by atoms with Crippen LogP contribution in [0.4, 0.5) is 0 Å². The Morgan fingerprint density at radius 2 is 2.10 bits per heavy atom. The van der Waals surface area contributed by atoms with E-state index in [2.05, 4.69) is 22.9 Å². The largest absolute Gasteiger partial charge is 0.326 e. The number of halogens is 1. The molecule has 21 heavy (non-hydrogen) atoms. The third kappa shape index (κ3) is 4.05. The lowest BCUT2D eigenvalue weighted by Gasteiger charge is -2.09. The summed E-state index contributed by atoms with van der Waals surface area (Å²) in [7, 11) is -3.42. The van der Waals surface area contributed by atoms with Gasteiger partial charge in [-0.15, -0.1) is 0 Å². The summed E-state index contributed by atoms with van der Waals surface area (Å²) in [5.41, 5.74) is 3.06. The smallest absolute Gasteiger partial charge is 0.264 e. The van der Waals surface area contributed by atoms with Crippen LogP contribution >= 0.6 is 15.9 Å². The molecule has 2 aromatic rings. The number of hydrogen-bond acceptors (Lipinski definition) is 4. The summed E-state index contributed by atoms with van der Waals surface area (Å²) >= 11 is 3.50. The fourth-order valence-electron chi connectivity index (χ4n) is 2.34. The molecule has 7 heteroatoms. The Labute approximate surface area is 133 Å². The molecule has 0 aliphatic carbocycles. The minimum atomic E-state index is -3.42. The summed E-state index contributed by atoms with van der Waals surface area (Å²) in [6.07, 6.45) is 2.90. The zero-order valence-corrected chi connectivity index (χ0v) is 14.8. The van der Waals surface area contributed by atoms with E-state index in [4.69, 9.17) is 9.17 Å². The van der Waals surface area contributed by atoms with Gasteiger partial charge in [0.25, 0.3) is 10.1 Å². The van der Waals surface area contributed by atoms with Crippen LogP contribution in [0.1, 0.15) is 24.7 Å². The molecule has 1 heterocycles. The number of aryl methyl sites for hydroxylation is 2. The molecule has 0 saturated carbocycles. The van der Waals surface area contributed by atoms with Crippen molar-refractivity contribution in [2.45, 2.75) is 33.2 Å². The van der Waals surface area contributed by atoms with E-state index in [9.17, 15) is 8.42 Å². The Bertz CT molecular complexity index is 753. The molecule has 5 nitrogen and oxygen atoms in total. The molecule has 0 amide bonds. The standard InChI is InChI=1S/C14H19BrN2O3S/c1-4-5-13-16-14-10(2)8-11(15)9-12(14)17(13)6-7-20-21(3,18)19/h8-9H,4-7H2,1-3H3. The molecule has 0 bridgehead atoms. The van der Waals surface area contributed by atoms with Gasteiger partial charge in [0.1, 0.15) is 5.82 Å². The highest BCUT2D eigenvalue weighted by Gasteiger charge is 2.13. The van der Waals surface area contributed by atoms with Gasteiger partial charge in [-0.1, -0.05) is 22.9 Å². The number of rotatable bonds is 6. The molecule has 116 valence electrons. The molecule has 2 rings (SSSR count). The predicted molar refractivity (Wildman–Crippen MR) is 87.0 cm³/mol. The molecule has 0 fully saturated rings. The lowest BCUT2D eigenvalue weighted by molar-refractivity contribution is 0.304. The monoisotopic (exact) mass is 374 g/mol. The highest BCUT2D eigenvalue weighted by atomic mass is 79.9. The number of aromatic nitrogens is 2. The van der Waals surface area contributed by atoms with Crippen LogP contribution in [-0.4, -0.2) is 30.8 Å². The van der Waals surface area contributed by atoms with Crippen LogP contribution in [0, 0.1) is 6.92 Å².